The van der Waals surface area contributed by atoms with Crippen LogP contribution in [0, 0.1) is 11.8 Å². The van der Waals surface area contributed by atoms with Crippen molar-refractivity contribution in [3.8, 4) is 0 Å². The number of nitrogens with one attached hydrogen (secondary N) is 1. The van der Waals surface area contributed by atoms with Gasteiger partial charge in [-0.25, -0.2) is 19.6 Å². The van der Waals surface area contributed by atoms with Crippen molar-refractivity contribution in [1.82, 2.24) is 9.97 Å². The van der Waals surface area contributed by atoms with E-state index in [1.165, 1.54) is 12.4 Å². The number of rotatable bonds is 2. The van der Waals surface area contributed by atoms with Crippen LogP contribution in [-0.2, 0) is 9.31 Å². The molecule has 1 saturated heterocycles. The van der Waals surface area contributed by atoms with E-state index >= 15 is 0 Å². The minimum Gasteiger partial charge on any atom is -0.465 e. The normalized spacial score (nSPS) is 15.5. The van der Waals surface area contributed by atoms with Crippen molar-refractivity contribution in [2.24, 2.45) is 17.6 Å². The molecule has 10 nitrogen and oxygen atoms in total. The van der Waals surface area contributed by atoms with Crippen LogP contribution in [0.5, 0.6) is 0 Å². The first-order chi connectivity index (χ1) is 13.9. The molecule has 2 heterocycles. The molecule has 0 atom stereocenters. The Hall–Kier alpha value is -2.40. The van der Waals surface area contributed by atoms with Crippen molar-refractivity contribution >= 4 is 30.7 Å². The van der Waals surface area contributed by atoms with Gasteiger partial charge in [0.05, 0.1) is 11.2 Å². The van der Waals surface area contributed by atoms with E-state index in [1.807, 2.05) is 27.7 Å². The molecule has 1 fully saturated rings. The van der Waals surface area contributed by atoms with E-state index in [-0.39, 0.29) is 5.95 Å². The number of hydrogen-bond acceptors (Lipinski definition) is 6. The highest BCUT2D eigenvalue weighted by Gasteiger charge is 2.51. The van der Waals surface area contributed by atoms with Crippen LogP contribution in [-0.4, -0.2) is 50.7 Å². The lowest BCUT2D eigenvalue weighted by Gasteiger charge is -2.32. The SMILES string of the molecule is CC(C)C.CC(C)C.CC1(C)OB(c2cnc(NC(=O)O)nc2)OC1(C)C.NC(=O)O. The van der Waals surface area contributed by atoms with Crippen molar-refractivity contribution in [3.63, 3.8) is 0 Å². The highest BCUT2D eigenvalue weighted by Crippen LogP contribution is 2.36. The molecule has 2 rings (SSSR count). The quantitative estimate of drug-likeness (QED) is 0.504. The predicted molar refractivity (Wildman–Crippen MR) is 123 cm³/mol. The second-order valence-corrected chi connectivity index (χ2v) is 9.16. The Labute approximate surface area is 186 Å². The van der Waals surface area contributed by atoms with Gasteiger partial charge in [-0.3, -0.25) is 5.32 Å². The summed E-state index contributed by atoms with van der Waals surface area (Å²) in [6.07, 6.45) is 0.435. The third-order valence-electron chi connectivity index (χ3n) is 3.42. The Bertz CT molecular complexity index is 635. The summed E-state index contributed by atoms with van der Waals surface area (Å²) in [5, 5.41) is 17.8. The Morgan fingerprint density at radius 3 is 1.48 bits per heavy atom. The summed E-state index contributed by atoms with van der Waals surface area (Å²) in [6, 6.07) is 0. The molecule has 1 aromatic heterocycles. The standard InChI is InChI=1S/C11H16BN3O4.2C4H10.CH3NO2/c1-10(2)11(3,4)19-12(18-10)7-5-13-8(14-6-7)15-9(16)17;2*1-4(2)3;2-1(3)4/h5-6H,1-4H3,(H,16,17)(H,13,14,15);2*4H,1-3H3;2H2,(H,3,4). The average molecular weight is 442 g/mol. The van der Waals surface area contributed by atoms with Gasteiger partial charge in [0.1, 0.15) is 0 Å². The number of aromatic nitrogens is 2. The Morgan fingerprint density at radius 1 is 0.935 bits per heavy atom. The molecule has 0 radical (unpaired) electrons. The molecule has 0 aliphatic carbocycles. The van der Waals surface area contributed by atoms with E-state index in [9.17, 15) is 4.79 Å². The topological polar surface area (TPSA) is 157 Å². The molecule has 0 spiro atoms. The maximum absolute atomic E-state index is 10.4. The van der Waals surface area contributed by atoms with Crippen LogP contribution in [0.1, 0.15) is 69.2 Å². The number of carbonyl (C=O) groups is 2. The summed E-state index contributed by atoms with van der Waals surface area (Å²) < 4.78 is 11.7. The van der Waals surface area contributed by atoms with Gasteiger partial charge in [-0.1, -0.05) is 41.5 Å². The number of carboxylic acid groups (broad SMARTS) is 2. The molecular weight excluding hydrogens is 403 g/mol. The van der Waals surface area contributed by atoms with Gasteiger partial charge in [0, 0.05) is 17.9 Å². The third kappa shape index (κ3) is 15.1. The summed E-state index contributed by atoms with van der Waals surface area (Å²) in [4.78, 5) is 27.0. The summed E-state index contributed by atoms with van der Waals surface area (Å²) in [6.45, 7) is 20.8. The predicted octanol–water partition coefficient (Wildman–Crippen LogP) is 3.81. The number of nitrogens with zero attached hydrogens (tertiary/aromatic N) is 2. The lowest BCUT2D eigenvalue weighted by atomic mass is 9.81. The summed E-state index contributed by atoms with van der Waals surface area (Å²) in [5.41, 5.74) is 3.81. The van der Waals surface area contributed by atoms with Gasteiger partial charge in [-0.05, 0) is 39.5 Å². The van der Waals surface area contributed by atoms with Crippen LogP contribution in [0.15, 0.2) is 12.4 Å². The molecule has 0 unspecified atom stereocenters. The van der Waals surface area contributed by atoms with E-state index < -0.39 is 30.5 Å². The summed E-state index contributed by atoms with van der Waals surface area (Å²) in [7, 11) is -0.552. The molecule has 1 aliphatic rings. The smallest absolute Gasteiger partial charge is 0.465 e. The van der Waals surface area contributed by atoms with Gasteiger partial charge in [0.15, 0.2) is 0 Å². The second-order valence-electron chi connectivity index (χ2n) is 9.16. The number of anilines is 1. The van der Waals surface area contributed by atoms with Crippen LogP contribution in [0.4, 0.5) is 15.5 Å². The maximum Gasteiger partial charge on any atom is 0.498 e. The zero-order chi connectivity index (χ0) is 25.0. The van der Waals surface area contributed by atoms with Crippen molar-refractivity contribution in [3.05, 3.63) is 12.4 Å². The molecule has 0 saturated carbocycles. The highest BCUT2D eigenvalue weighted by atomic mass is 16.7. The van der Waals surface area contributed by atoms with Crippen molar-refractivity contribution in [2.75, 3.05) is 5.32 Å². The Morgan fingerprint density at radius 2 is 1.23 bits per heavy atom. The van der Waals surface area contributed by atoms with Crippen molar-refractivity contribution in [2.45, 2.75) is 80.4 Å². The first-order valence-corrected chi connectivity index (χ1v) is 10.1. The minimum atomic E-state index is -1.33. The third-order valence-corrected chi connectivity index (χ3v) is 3.42. The Balaban J connectivity index is 0. The highest BCUT2D eigenvalue weighted by molar-refractivity contribution is 6.61. The van der Waals surface area contributed by atoms with Crippen molar-refractivity contribution < 1.29 is 29.1 Å². The van der Waals surface area contributed by atoms with Crippen molar-refractivity contribution in [1.29, 1.82) is 0 Å². The largest absolute Gasteiger partial charge is 0.498 e. The molecule has 5 N–H and O–H groups in total. The average Bonchev–Trinajstić information content (AvgIpc) is 2.74. The zero-order valence-electron chi connectivity index (χ0n) is 20.4. The fraction of sp³-hybridized carbons (Fsp3) is 0.700. The van der Waals surface area contributed by atoms with Gasteiger partial charge < -0.3 is 25.3 Å². The molecule has 11 heteroatoms. The lowest BCUT2D eigenvalue weighted by molar-refractivity contribution is 0.00578. The first kappa shape index (κ1) is 30.8. The van der Waals surface area contributed by atoms with Crippen LogP contribution in [0.3, 0.4) is 0 Å². The first-order valence-electron chi connectivity index (χ1n) is 10.1. The van der Waals surface area contributed by atoms with E-state index in [1.54, 1.807) is 0 Å². The van der Waals surface area contributed by atoms with Crippen LogP contribution in [0.2, 0.25) is 0 Å². The van der Waals surface area contributed by atoms with Gasteiger partial charge >= 0.3 is 19.3 Å². The fourth-order valence-corrected chi connectivity index (χ4v) is 1.60. The number of hydrogen-bond donors (Lipinski definition) is 4. The number of nitrogens with two attached hydrogens (primary N) is 1. The summed E-state index contributed by atoms with van der Waals surface area (Å²) >= 11 is 0. The molecule has 1 aromatic rings. The van der Waals surface area contributed by atoms with Crippen LogP contribution >= 0.6 is 0 Å². The number of amides is 2. The second kappa shape index (κ2) is 13.8. The molecule has 2 amide bonds. The van der Waals surface area contributed by atoms with Gasteiger partial charge in [-0.15, -0.1) is 0 Å². The fourth-order valence-electron chi connectivity index (χ4n) is 1.60. The van der Waals surface area contributed by atoms with E-state index in [4.69, 9.17) is 24.3 Å². The monoisotopic (exact) mass is 442 g/mol. The van der Waals surface area contributed by atoms with Gasteiger partial charge in [0.25, 0.3) is 0 Å². The van der Waals surface area contributed by atoms with Gasteiger partial charge in [0.2, 0.25) is 5.95 Å². The molecule has 178 valence electrons. The van der Waals surface area contributed by atoms with Crippen LogP contribution in [0.25, 0.3) is 0 Å². The lowest BCUT2D eigenvalue weighted by Crippen LogP contribution is -2.41. The maximum atomic E-state index is 10.4. The van der Waals surface area contributed by atoms with Crippen LogP contribution < -0.4 is 16.5 Å². The van der Waals surface area contributed by atoms with Gasteiger partial charge in [-0.2, -0.15) is 0 Å². The molecule has 1 aliphatic heterocycles. The summed E-state index contributed by atoms with van der Waals surface area (Å²) in [5.74, 6) is 1.69. The minimum absolute atomic E-state index is 0.0211. The Kier molecular flexibility index (Phi) is 13.7. The van der Waals surface area contributed by atoms with E-state index in [0.717, 1.165) is 11.8 Å². The van der Waals surface area contributed by atoms with E-state index in [2.05, 4.69) is 62.6 Å². The molecular formula is C20H39BN4O6. The number of primary amides is 1. The zero-order valence-corrected chi connectivity index (χ0v) is 20.4. The molecule has 31 heavy (non-hydrogen) atoms. The molecule has 0 aromatic carbocycles. The van der Waals surface area contributed by atoms with E-state index in [0.29, 0.717) is 5.46 Å². The molecule has 0 bridgehead atoms.